The lowest BCUT2D eigenvalue weighted by Gasteiger charge is -2.30. The third-order valence-electron chi connectivity index (χ3n) is 3.36. The molecule has 9 heteroatoms. The molecule has 0 radical (unpaired) electrons. The zero-order chi connectivity index (χ0) is 15.9. The largest absolute Gasteiger partial charge is 0.464 e. The Bertz CT molecular complexity index is 378. The van der Waals surface area contributed by atoms with Gasteiger partial charge in [0.2, 0.25) is 0 Å². The molecule has 8 nitrogen and oxygen atoms in total. The first kappa shape index (κ1) is 18.5. The van der Waals surface area contributed by atoms with Crippen LogP contribution in [0.25, 0.3) is 0 Å². The van der Waals surface area contributed by atoms with Gasteiger partial charge in [0.15, 0.2) is 0 Å². The lowest BCUT2D eigenvalue weighted by molar-refractivity contribution is -0.154. The average Bonchev–Trinajstić information content (AvgIpc) is 2.41. The van der Waals surface area contributed by atoms with Crippen LogP contribution in [0.5, 0.6) is 0 Å². The van der Waals surface area contributed by atoms with Gasteiger partial charge in [-0.25, -0.2) is 9.65 Å². The maximum absolute atomic E-state index is 12.0. The van der Waals surface area contributed by atoms with E-state index in [2.05, 4.69) is 4.90 Å². The molecule has 0 spiro atoms. The molecule has 1 aliphatic rings. The molecule has 0 aromatic rings. The van der Waals surface area contributed by atoms with E-state index in [0.717, 1.165) is 32.8 Å². The SMILES string of the molecule is CC(C)(CCN1CCOCC1)C(=O)OCCNP(=O)(O)O. The predicted octanol–water partition coefficient (Wildman–Crippen LogP) is -0.0396. The van der Waals surface area contributed by atoms with E-state index in [1.165, 1.54) is 0 Å². The first-order valence-electron chi connectivity index (χ1n) is 6.99. The highest BCUT2D eigenvalue weighted by Gasteiger charge is 2.30. The summed E-state index contributed by atoms with van der Waals surface area (Å²) in [6.07, 6.45) is 0.664. The van der Waals surface area contributed by atoms with E-state index in [1.807, 2.05) is 18.9 Å². The normalized spacial score (nSPS) is 17.7. The van der Waals surface area contributed by atoms with E-state index >= 15 is 0 Å². The fourth-order valence-electron chi connectivity index (χ4n) is 1.89. The van der Waals surface area contributed by atoms with E-state index in [1.54, 1.807) is 0 Å². The first-order chi connectivity index (χ1) is 9.71. The van der Waals surface area contributed by atoms with Crippen LogP contribution in [-0.4, -0.2) is 66.7 Å². The van der Waals surface area contributed by atoms with Gasteiger partial charge in [-0.15, -0.1) is 0 Å². The maximum Gasteiger partial charge on any atom is 0.400 e. The third kappa shape index (κ3) is 7.90. The second-order valence-electron chi connectivity index (χ2n) is 5.68. The maximum atomic E-state index is 12.0. The van der Waals surface area contributed by atoms with Crippen LogP contribution in [0.2, 0.25) is 0 Å². The summed E-state index contributed by atoms with van der Waals surface area (Å²) < 4.78 is 20.9. The van der Waals surface area contributed by atoms with Gasteiger partial charge >= 0.3 is 13.7 Å². The van der Waals surface area contributed by atoms with Gasteiger partial charge in [-0.2, -0.15) is 0 Å². The Morgan fingerprint density at radius 3 is 2.57 bits per heavy atom. The second kappa shape index (κ2) is 8.22. The topological polar surface area (TPSA) is 108 Å². The Hall–Kier alpha value is -0.500. The number of nitrogens with one attached hydrogen (secondary N) is 1. The third-order valence-corrected chi connectivity index (χ3v) is 4.00. The molecule has 21 heavy (non-hydrogen) atoms. The van der Waals surface area contributed by atoms with Crippen LogP contribution in [0, 0.1) is 5.41 Å². The summed E-state index contributed by atoms with van der Waals surface area (Å²) in [5.74, 6) is -0.358. The van der Waals surface area contributed by atoms with Gasteiger partial charge in [0.1, 0.15) is 6.61 Å². The lowest BCUT2D eigenvalue weighted by atomic mass is 9.89. The van der Waals surface area contributed by atoms with Gasteiger partial charge in [0.25, 0.3) is 0 Å². The van der Waals surface area contributed by atoms with Crippen molar-refractivity contribution in [2.24, 2.45) is 5.41 Å². The van der Waals surface area contributed by atoms with E-state index in [9.17, 15) is 9.36 Å². The van der Waals surface area contributed by atoms with Gasteiger partial charge in [-0.1, -0.05) is 0 Å². The number of ether oxygens (including phenoxy) is 2. The fraction of sp³-hybridized carbons (Fsp3) is 0.917. The number of carbonyl (C=O) groups excluding carboxylic acids is 1. The van der Waals surface area contributed by atoms with Crippen molar-refractivity contribution < 1.29 is 28.6 Å². The first-order valence-corrected chi connectivity index (χ1v) is 8.60. The minimum atomic E-state index is -4.26. The molecule has 1 aliphatic heterocycles. The Labute approximate surface area is 125 Å². The van der Waals surface area contributed by atoms with Crippen molar-refractivity contribution in [1.29, 1.82) is 0 Å². The number of morpholine rings is 1. The van der Waals surface area contributed by atoms with Crippen molar-refractivity contribution >= 4 is 13.7 Å². The Kier molecular flexibility index (Phi) is 7.26. The van der Waals surface area contributed by atoms with E-state index in [-0.39, 0.29) is 19.1 Å². The summed E-state index contributed by atoms with van der Waals surface area (Å²) in [6.45, 7) is 7.47. The zero-order valence-corrected chi connectivity index (χ0v) is 13.5. The number of rotatable bonds is 8. The van der Waals surface area contributed by atoms with E-state index in [4.69, 9.17) is 19.3 Å². The fourth-order valence-corrected chi connectivity index (χ4v) is 2.28. The number of nitrogens with zero attached hydrogens (tertiary/aromatic N) is 1. The summed E-state index contributed by atoms with van der Waals surface area (Å²) in [6, 6.07) is 0. The molecule has 0 aromatic heterocycles. The molecule has 0 bridgehead atoms. The van der Waals surface area contributed by atoms with Crippen molar-refractivity contribution in [3.63, 3.8) is 0 Å². The van der Waals surface area contributed by atoms with Gasteiger partial charge < -0.3 is 19.3 Å². The molecule has 1 saturated heterocycles. The molecule has 124 valence electrons. The monoisotopic (exact) mass is 324 g/mol. The van der Waals surface area contributed by atoms with Crippen LogP contribution in [0.1, 0.15) is 20.3 Å². The van der Waals surface area contributed by atoms with Crippen molar-refractivity contribution in [2.45, 2.75) is 20.3 Å². The molecule has 0 atom stereocenters. The number of carbonyl (C=O) groups is 1. The molecular weight excluding hydrogens is 299 g/mol. The summed E-state index contributed by atoms with van der Waals surface area (Å²) in [4.78, 5) is 31.4. The molecule has 1 rings (SSSR count). The second-order valence-corrected chi connectivity index (χ2v) is 7.08. The number of esters is 1. The van der Waals surface area contributed by atoms with Gasteiger partial charge in [-0.05, 0) is 26.8 Å². The highest BCUT2D eigenvalue weighted by Crippen LogP contribution is 2.27. The van der Waals surface area contributed by atoms with Gasteiger partial charge in [-0.3, -0.25) is 9.69 Å². The Morgan fingerprint density at radius 2 is 2.00 bits per heavy atom. The molecule has 0 aromatic carbocycles. The molecule has 0 saturated carbocycles. The highest BCUT2D eigenvalue weighted by atomic mass is 31.2. The zero-order valence-electron chi connectivity index (χ0n) is 12.6. The molecule has 1 heterocycles. The molecule has 3 N–H and O–H groups in total. The number of hydrogen-bond donors (Lipinski definition) is 3. The van der Waals surface area contributed by atoms with Crippen LogP contribution in [-0.2, 0) is 18.8 Å². The van der Waals surface area contributed by atoms with Crippen molar-refractivity contribution in [2.75, 3.05) is 46.0 Å². The minimum Gasteiger partial charge on any atom is -0.464 e. The molecule has 0 aliphatic carbocycles. The predicted molar refractivity (Wildman–Crippen MR) is 76.7 cm³/mol. The lowest BCUT2D eigenvalue weighted by Crippen LogP contribution is -2.40. The molecule has 0 unspecified atom stereocenters. The van der Waals surface area contributed by atoms with Crippen LogP contribution in [0.3, 0.4) is 0 Å². The van der Waals surface area contributed by atoms with Gasteiger partial charge in [0, 0.05) is 19.6 Å². The Balaban J connectivity index is 2.25. The molecule has 1 fully saturated rings. The van der Waals surface area contributed by atoms with Crippen LogP contribution < -0.4 is 5.09 Å². The molecule has 0 amide bonds. The minimum absolute atomic E-state index is 0.0646. The average molecular weight is 324 g/mol. The van der Waals surface area contributed by atoms with Gasteiger partial charge in [0.05, 0.1) is 18.6 Å². The van der Waals surface area contributed by atoms with Crippen molar-refractivity contribution in [3.8, 4) is 0 Å². The summed E-state index contributed by atoms with van der Waals surface area (Å²) in [5.41, 5.74) is -0.625. The molecular formula is C12H25N2O6P. The standard InChI is InChI=1S/C12H25N2O6P/c1-12(2,3-5-14-6-9-19-10-7-14)11(15)20-8-4-13-21(16,17)18/h3-10H2,1-2H3,(H3,13,16,17,18). The Morgan fingerprint density at radius 1 is 1.38 bits per heavy atom. The summed E-state index contributed by atoms with van der Waals surface area (Å²) in [5, 5.41) is 1.98. The van der Waals surface area contributed by atoms with E-state index < -0.39 is 13.2 Å². The summed E-state index contributed by atoms with van der Waals surface area (Å²) >= 11 is 0. The van der Waals surface area contributed by atoms with Crippen LogP contribution in [0.15, 0.2) is 0 Å². The quantitative estimate of drug-likeness (QED) is 0.324. The summed E-state index contributed by atoms with van der Waals surface area (Å²) in [7, 11) is -4.26. The van der Waals surface area contributed by atoms with Crippen LogP contribution >= 0.6 is 7.75 Å². The number of hydrogen-bond acceptors (Lipinski definition) is 5. The van der Waals surface area contributed by atoms with E-state index in [0.29, 0.717) is 6.42 Å². The van der Waals surface area contributed by atoms with Crippen LogP contribution in [0.4, 0.5) is 0 Å². The highest BCUT2D eigenvalue weighted by molar-refractivity contribution is 7.49. The van der Waals surface area contributed by atoms with Crippen molar-refractivity contribution in [3.05, 3.63) is 0 Å². The van der Waals surface area contributed by atoms with Crippen molar-refractivity contribution in [1.82, 2.24) is 9.99 Å². The smallest absolute Gasteiger partial charge is 0.400 e.